The van der Waals surface area contributed by atoms with Gasteiger partial charge in [0, 0.05) is 56.0 Å². The highest BCUT2D eigenvalue weighted by Crippen LogP contribution is 2.59. The summed E-state index contributed by atoms with van der Waals surface area (Å²) in [5.41, 5.74) is 14.0. The predicted octanol–water partition coefficient (Wildman–Crippen LogP) is 12.8. The number of ether oxygens (including phenoxy) is 1. The minimum absolute atomic E-state index is 0.135. The van der Waals surface area contributed by atoms with Gasteiger partial charge in [0.15, 0.2) is 17.5 Å². The maximum absolute atomic E-state index is 6.37. The van der Waals surface area contributed by atoms with Crippen LogP contribution in [0.4, 0.5) is 0 Å². The van der Waals surface area contributed by atoms with Crippen molar-refractivity contribution < 1.29 is 9.15 Å². The second kappa shape index (κ2) is 12.8. The van der Waals surface area contributed by atoms with E-state index in [0.717, 1.165) is 84.4 Å². The fourth-order valence-corrected chi connectivity index (χ4v) is 9.13. The first kappa shape index (κ1) is 34.3. The number of nitrogens with zero attached hydrogens (tertiary/aromatic N) is 4. The first-order chi connectivity index (χ1) is 28.3. The molecule has 6 aromatic carbocycles. The zero-order valence-electron chi connectivity index (χ0n) is 32.9. The van der Waals surface area contributed by atoms with E-state index in [9.17, 15) is 0 Å². The largest absolute Gasteiger partial charge is 0.493 e. The second-order valence-electron chi connectivity index (χ2n) is 16.6. The molecule has 0 spiro atoms. The SMILES string of the molecule is CC(C)(C)C1(C)c2ccc3oc4ccccc4c3c2-c2ccc(-c3cccc(-c4nc(-c5ccccc5)nc(-c5cccc6c5-c5ccccc5CCO6)n4)c3)nc21. The summed E-state index contributed by atoms with van der Waals surface area (Å²) in [7, 11) is 0. The average Bonchev–Trinajstić information content (AvgIpc) is 3.68. The van der Waals surface area contributed by atoms with Crippen molar-refractivity contribution in [2.45, 2.75) is 39.5 Å². The Morgan fingerprint density at radius 3 is 2.12 bits per heavy atom. The highest BCUT2D eigenvalue weighted by molar-refractivity contribution is 6.15. The molecule has 6 nitrogen and oxygen atoms in total. The van der Waals surface area contributed by atoms with Gasteiger partial charge in [-0.1, -0.05) is 136 Å². The van der Waals surface area contributed by atoms with Crippen molar-refractivity contribution in [3.63, 3.8) is 0 Å². The number of pyridine rings is 1. The molecule has 1 unspecified atom stereocenters. The summed E-state index contributed by atoms with van der Waals surface area (Å²) in [6, 6.07) is 50.4. The van der Waals surface area contributed by atoms with Crippen LogP contribution in [-0.4, -0.2) is 26.5 Å². The standard InChI is InChI=1S/C52H40N4O2/c1-51(2,3)52(4)39-25-27-43-46(36-20-10-11-22-41(36)58-43)45(39)37-24-26-40(53-47(37)52)33-17-12-18-34(30-33)49-54-48(32-15-6-5-7-16-32)55-50(56-49)38-21-13-23-42-44(38)35-19-9-8-14-31(35)28-29-57-42/h5-27,30H,28-29H2,1-4H3. The summed E-state index contributed by atoms with van der Waals surface area (Å²) in [4.78, 5) is 21.0. The number of hydrogen-bond donors (Lipinski definition) is 0. The molecule has 0 fully saturated rings. The Hall–Kier alpha value is -6.92. The normalized spacial score (nSPS) is 15.7. The zero-order valence-corrected chi connectivity index (χ0v) is 32.9. The van der Waals surface area contributed by atoms with Gasteiger partial charge >= 0.3 is 0 Å². The van der Waals surface area contributed by atoms with Crippen LogP contribution < -0.4 is 4.74 Å². The van der Waals surface area contributed by atoms with Crippen LogP contribution in [-0.2, 0) is 11.8 Å². The molecule has 0 bridgehead atoms. The molecule has 1 atom stereocenters. The number of furan rings is 1. The van der Waals surface area contributed by atoms with Gasteiger partial charge in [-0.3, -0.25) is 4.98 Å². The molecule has 0 saturated carbocycles. The number of rotatable bonds is 4. The van der Waals surface area contributed by atoms with Gasteiger partial charge in [-0.15, -0.1) is 0 Å². The van der Waals surface area contributed by atoms with Gasteiger partial charge in [-0.25, -0.2) is 15.0 Å². The molecule has 1 aliphatic carbocycles. The molecule has 3 aromatic heterocycles. The van der Waals surface area contributed by atoms with E-state index in [2.05, 4.69) is 125 Å². The monoisotopic (exact) mass is 752 g/mol. The lowest BCUT2D eigenvalue weighted by Crippen LogP contribution is -2.37. The lowest BCUT2D eigenvalue weighted by atomic mass is 9.64. The van der Waals surface area contributed by atoms with Gasteiger partial charge in [-0.2, -0.15) is 0 Å². The Bertz CT molecular complexity index is 3110. The van der Waals surface area contributed by atoms with E-state index >= 15 is 0 Å². The van der Waals surface area contributed by atoms with Crippen molar-refractivity contribution in [2.24, 2.45) is 5.41 Å². The van der Waals surface area contributed by atoms with E-state index < -0.39 is 0 Å². The molecule has 0 radical (unpaired) electrons. The molecule has 2 aliphatic rings. The van der Waals surface area contributed by atoms with E-state index in [1.807, 2.05) is 48.5 Å². The summed E-state index contributed by atoms with van der Waals surface area (Å²) in [6.45, 7) is 9.91. The van der Waals surface area contributed by atoms with Crippen molar-refractivity contribution in [3.8, 4) is 73.4 Å². The summed E-state index contributed by atoms with van der Waals surface area (Å²) in [5.74, 6) is 2.63. The number of benzene rings is 6. The third kappa shape index (κ3) is 5.17. The van der Waals surface area contributed by atoms with Crippen molar-refractivity contribution in [3.05, 3.63) is 162 Å². The number of para-hydroxylation sites is 1. The van der Waals surface area contributed by atoms with Gasteiger partial charge in [0.05, 0.1) is 18.0 Å². The fraction of sp³-hybridized carbons (Fsp3) is 0.154. The Labute approximate surface area is 337 Å². The first-order valence-electron chi connectivity index (χ1n) is 20.0. The van der Waals surface area contributed by atoms with Crippen molar-refractivity contribution in [1.82, 2.24) is 19.9 Å². The number of fused-ring (bicyclic) bond motifs is 10. The van der Waals surface area contributed by atoms with Gasteiger partial charge < -0.3 is 9.15 Å². The van der Waals surface area contributed by atoms with E-state index in [0.29, 0.717) is 24.1 Å². The van der Waals surface area contributed by atoms with Crippen LogP contribution in [0.1, 0.15) is 44.5 Å². The average molecular weight is 753 g/mol. The van der Waals surface area contributed by atoms with E-state index in [-0.39, 0.29) is 10.8 Å². The van der Waals surface area contributed by atoms with Crippen molar-refractivity contribution >= 4 is 21.9 Å². The molecular formula is C52H40N4O2. The van der Waals surface area contributed by atoms with Crippen LogP contribution in [0.15, 0.2) is 150 Å². The molecule has 280 valence electrons. The lowest BCUT2D eigenvalue weighted by molar-refractivity contribution is 0.249. The van der Waals surface area contributed by atoms with Gasteiger partial charge in [0.1, 0.15) is 16.9 Å². The molecule has 1 aliphatic heterocycles. The lowest BCUT2D eigenvalue weighted by Gasteiger charge is -2.40. The van der Waals surface area contributed by atoms with E-state index in [1.165, 1.54) is 16.7 Å². The van der Waals surface area contributed by atoms with Crippen LogP contribution in [0.2, 0.25) is 0 Å². The van der Waals surface area contributed by atoms with Crippen molar-refractivity contribution in [1.29, 1.82) is 0 Å². The zero-order chi connectivity index (χ0) is 39.2. The van der Waals surface area contributed by atoms with Crippen LogP contribution in [0, 0.1) is 5.41 Å². The summed E-state index contributed by atoms with van der Waals surface area (Å²) >= 11 is 0. The predicted molar refractivity (Wildman–Crippen MR) is 233 cm³/mol. The van der Waals surface area contributed by atoms with Gasteiger partial charge in [0.2, 0.25) is 0 Å². The van der Waals surface area contributed by atoms with Gasteiger partial charge in [-0.05, 0) is 64.9 Å². The Morgan fingerprint density at radius 2 is 1.26 bits per heavy atom. The molecule has 58 heavy (non-hydrogen) atoms. The van der Waals surface area contributed by atoms with Crippen molar-refractivity contribution in [2.75, 3.05) is 6.61 Å². The minimum atomic E-state index is -0.360. The molecule has 0 saturated heterocycles. The summed E-state index contributed by atoms with van der Waals surface area (Å²) in [6.07, 6.45) is 0.830. The summed E-state index contributed by atoms with van der Waals surface area (Å²) < 4.78 is 12.7. The van der Waals surface area contributed by atoms with E-state index in [4.69, 9.17) is 29.1 Å². The van der Waals surface area contributed by atoms with Gasteiger partial charge in [0.25, 0.3) is 0 Å². The Balaban J connectivity index is 1.07. The van der Waals surface area contributed by atoms with Crippen LogP contribution in [0.25, 0.3) is 89.6 Å². The maximum Gasteiger partial charge on any atom is 0.164 e. The Morgan fingerprint density at radius 1 is 0.552 bits per heavy atom. The molecule has 4 heterocycles. The number of aromatic nitrogens is 4. The minimum Gasteiger partial charge on any atom is -0.493 e. The molecular weight excluding hydrogens is 713 g/mol. The van der Waals surface area contributed by atoms with Crippen LogP contribution in [0.5, 0.6) is 5.75 Å². The van der Waals surface area contributed by atoms with Crippen LogP contribution >= 0.6 is 0 Å². The summed E-state index contributed by atoms with van der Waals surface area (Å²) in [5, 5.41) is 2.29. The molecule has 9 aromatic rings. The molecule has 0 amide bonds. The quantitative estimate of drug-likeness (QED) is 0.178. The highest BCUT2D eigenvalue weighted by atomic mass is 16.5. The third-order valence-corrected chi connectivity index (χ3v) is 12.5. The van der Waals surface area contributed by atoms with Crippen LogP contribution in [0.3, 0.4) is 0 Å². The Kier molecular flexibility index (Phi) is 7.58. The molecule has 6 heteroatoms. The van der Waals surface area contributed by atoms with E-state index in [1.54, 1.807) is 0 Å². The third-order valence-electron chi connectivity index (χ3n) is 12.5. The second-order valence-corrected chi connectivity index (χ2v) is 16.6. The molecule has 11 rings (SSSR count). The number of hydrogen-bond acceptors (Lipinski definition) is 6. The first-order valence-corrected chi connectivity index (χ1v) is 20.0. The fourth-order valence-electron chi connectivity index (χ4n) is 9.13. The topological polar surface area (TPSA) is 73.9 Å². The molecule has 0 N–H and O–H groups in total. The smallest absolute Gasteiger partial charge is 0.164 e. The maximum atomic E-state index is 6.37. The highest BCUT2D eigenvalue weighted by Gasteiger charge is 2.50.